The zero-order valence-corrected chi connectivity index (χ0v) is 35.3. The molecule has 296 valence electrons. The van der Waals surface area contributed by atoms with E-state index in [1.54, 1.807) is 0 Å². The average Bonchev–Trinajstić information content (AvgIpc) is 3.11. The van der Waals surface area contributed by atoms with E-state index < -0.39 is 8.80 Å². The van der Waals surface area contributed by atoms with Gasteiger partial charge < -0.3 is 19.0 Å². The van der Waals surface area contributed by atoms with E-state index in [2.05, 4.69) is 20.8 Å². The van der Waals surface area contributed by atoms with Crippen molar-refractivity contribution in [2.24, 2.45) is 5.73 Å². The van der Waals surface area contributed by atoms with Gasteiger partial charge >= 0.3 is 8.80 Å². The summed E-state index contributed by atoms with van der Waals surface area (Å²) in [6.45, 7) is 9.77. The van der Waals surface area contributed by atoms with Crippen LogP contribution in [0.4, 0.5) is 0 Å². The molecule has 0 bridgehead atoms. The molecule has 0 aromatic rings. The highest BCUT2D eigenvalue weighted by Gasteiger charge is 2.40. The van der Waals surface area contributed by atoms with Crippen molar-refractivity contribution >= 4 is 8.80 Å². The molecule has 0 saturated heterocycles. The zero-order chi connectivity index (χ0) is 35.6. The van der Waals surface area contributed by atoms with Gasteiger partial charge in [-0.1, -0.05) is 233 Å². The molecule has 0 unspecified atom stereocenters. The summed E-state index contributed by atoms with van der Waals surface area (Å²) >= 11 is 0. The highest BCUT2D eigenvalue weighted by atomic mass is 28.4. The summed E-state index contributed by atoms with van der Waals surface area (Å²) < 4.78 is 19.8. The fourth-order valence-corrected chi connectivity index (χ4v) is 9.43. The van der Waals surface area contributed by atoms with E-state index >= 15 is 0 Å². The summed E-state index contributed by atoms with van der Waals surface area (Å²) in [5.74, 6) is 0. The molecule has 0 aliphatic heterocycles. The number of hydrogen-bond acceptors (Lipinski definition) is 4. The van der Waals surface area contributed by atoms with Gasteiger partial charge in [-0.05, 0) is 25.8 Å². The van der Waals surface area contributed by atoms with Crippen LogP contribution in [0.5, 0.6) is 0 Å². The Morgan fingerprint density at radius 1 is 0.286 bits per heavy atom. The van der Waals surface area contributed by atoms with Crippen molar-refractivity contribution < 1.29 is 13.3 Å². The van der Waals surface area contributed by atoms with Crippen LogP contribution in [0.25, 0.3) is 0 Å². The van der Waals surface area contributed by atoms with Crippen LogP contribution in [-0.4, -0.2) is 35.2 Å². The van der Waals surface area contributed by atoms with Crippen LogP contribution < -0.4 is 5.73 Å². The predicted molar refractivity (Wildman–Crippen MR) is 221 cm³/mol. The van der Waals surface area contributed by atoms with Crippen LogP contribution in [0.3, 0.4) is 0 Å². The van der Waals surface area contributed by atoms with Gasteiger partial charge in [-0.3, -0.25) is 0 Å². The van der Waals surface area contributed by atoms with Crippen LogP contribution in [0, 0.1) is 0 Å². The largest absolute Gasteiger partial charge is 0.502 e. The molecular weight excluding hydrogens is 619 g/mol. The Balaban J connectivity index is 4.33. The van der Waals surface area contributed by atoms with Crippen molar-refractivity contribution in [2.75, 3.05) is 26.4 Å². The quantitative estimate of drug-likeness (QED) is 0.0505. The van der Waals surface area contributed by atoms with Gasteiger partial charge in [0.05, 0.1) is 0 Å². The minimum Gasteiger partial charge on any atom is -0.373 e. The van der Waals surface area contributed by atoms with Crippen molar-refractivity contribution in [1.29, 1.82) is 0 Å². The molecular formula is C44H93NO3Si. The van der Waals surface area contributed by atoms with Crippen LogP contribution >= 0.6 is 0 Å². The maximum Gasteiger partial charge on any atom is 0.502 e. The lowest BCUT2D eigenvalue weighted by atomic mass is 10.1. The number of rotatable bonds is 44. The van der Waals surface area contributed by atoms with Crippen molar-refractivity contribution in [2.45, 2.75) is 258 Å². The van der Waals surface area contributed by atoms with Gasteiger partial charge in [-0.15, -0.1) is 0 Å². The van der Waals surface area contributed by atoms with Gasteiger partial charge in [-0.2, -0.15) is 0 Å². The predicted octanol–water partition coefficient (Wildman–Crippen LogP) is 15.0. The summed E-state index contributed by atoms with van der Waals surface area (Å²) in [6.07, 6.45) is 49.0. The van der Waals surface area contributed by atoms with Crippen molar-refractivity contribution in [3.05, 3.63) is 0 Å². The molecule has 0 spiro atoms. The molecule has 0 radical (unpaired) electrons. The zero-order valence-electron chi connectivity index (χ0n) is 34.3. The minimum atomic E-state index is -2.72. The Morgan fingerprint density at radius 2 is 0.469 bits per heavy atom. The fraction of sp³-hybridized carbons (Fsp3) is 1.00. The minimum absolute atomic E-state index is 0.585. The number of unbranched alkanes of at least 4 members (excludes halogenated alkanes) is 33. The number of hydrogen-bond donors (Lipinski definition) is 1. The normalized spacial score (nSPS) is 12.0. The van der Waals surface area contributed by atoms with E-state index in [1.807, 2.05) is 0 Å². The third-order valence-electron chi connectivity index (χ3n) is 10.4. The lowest BCUT2D eigenvalue weighted by Gasteiger charge is -2.29. The molecule has 0 aliphatic carbocycles. The van der Waals surface area contributed by atoms with Crippen LogP contribution in [0.2, 0.25) is 6.04 Å². The highest BCUT2D eigenvalue weighted by molar-refractivity contribution is 6.60. The monoisotopic (exact) mass is 712 g/mol. The standard InChI is InChI=1S/C44H93NO3Si/c1-4-7-10-13-16-19-22-25-28-31-34-37-41-46-49(44-40-45,47-42-38-35-32-29-26-23-20-17-14-11-8-5-2)48-43-39-36-33-30-27-24-21-18-15-12-9-6-3/h4-45H2,1-3H3. The van der Waals surface area contributed by atoms with Gasteiger partial charge in [0.25, 0.3) is 0 Å². The van der Waals surface area contributed by atoms with E-state index in [1.165, 1.54) is 212 Å². The topological polar surface area (TPSA) is 53.7 Å². The van der Waals surface area contributed by atoms with Crippen molar-refractivity contribution in [3.63, 3.8) is 0 Å². The Morgan fingerprint density at radius 3 is 0.653 bits per heavy atom. The van der Waals surface area contributed by atoms with E-state index in [4.69, 9.17) is 19.0 Å². The lowest BCUT2D eigenvalue weighted by Crippen LogP contribution is -2.48. The van der Waals surface area contributed by atoms with Crippen LogP contribution in [0.15, 0.2) is 0 Å². The van der Waals surface area contributed by atoms with E-state index in [9.17, 15) is 0 Å². The first-order valence-electron chi connectivity index (χ1n) is 22.9. The van der Waals surface area contributed by atoms with E-state index in [0.29, 0.717) is 6.54 Å². The lowest BCUT2D eigenvalue weighted by molar-refractivity contribution is 0.0558. The molecule has 0 aromatic heterocycles. The molecule has 0 atom stereocenters. The summed E-state index contributed by atoms with van der Waals surface area (Å²) in [5.41, 5.74) is 6.14. The summed E-state index contributed by atoms with van der Waals surface area (Å²) in [6, 6.07) is 0.752. The third-order valence-corrected chi connectivity index (χ3v) is 13.2. The highest BCUT2D eigenvalue weighted by Crippen LogP contribution is 2.20. The first-order chi connectivity index (χ1) is 24.2. The second-order valence-corrected chi connectivity index (χ2v) is 18.2. The molecule has 0 aliphatic rings. The van der Waals surface area contributed by atoms with Gasteiger partial charge in [-0.25, -0.2) is 0 Å². The van der Waals surface area contributed by atoms with Gasteiger partial charge in [0.2, 0.25) is 0 Å². The van der Waals surface area contributed by atoms with Gasteiger partial charge in [0.1, 0.15) is 0 Å². The second-order valence-electron chi connectivity index (χ2n) is 15.4. The molecule has 4 nitrogen and oxygen atoms in total. The Kier molecular flexibility index (Phi) is 42.5. The molecule has 0 heterocycles. The average molecular weight is 712 g/mol. The molecule has 0 fully saturated rings. The summed E-state index contributed by atoms with van der Waals surface area (Å²) in [5, 5.41) is 0. The second kappa shape index (κ2) is 42.5. The first kappa shape index (κ1) is 49.1. The molecule has 5 heteroatoms. The Labute approximate surface area is 311 Å². The molecule has 0 rings (SSSR count). The number of nitrogens with two attached hydrogens (primary N) is 1. The van der Waals surface area contributed by atoms with Crippen molar-refractivity contribution in [1.82, 2.24) is 0 Å². The molecule has 49 heavy (non-hydrogen) atoms. The smallest absolute Gasteiger partial charge is 0.373 e. The maximum absolute atomic E-state index is 6.59. The molecule has 2 N–H and O–H groups in total. The Bertz CT molecular complexity index is 518. The van der Waals surface area contributed by atoms with Gasteiger partial charge in [0, 0.05) is 25.9 Å². The molecule has 0 aromatic carbocycles. The van der Waals surface area contributed by atoms with Crippen LogP contribution in [-0.2, 0) is 13.3 Å². The van der Waals surface area contributed by atoms with Crippen LogP contribution in [0.1, 0.15) is 252 Å². The van der Waals surface area contributed by atoms with E-state index in [-0.39, 0.29) is 0 Å². The maximum atomic E-state index is 6.59. The molecule has 0 saturated carbocycles. The molecule has 0 amide bonds. The summed E-state index contributed by atoms with van der Waals surface area (Å²) in [7, 11) is -2.72. The fourth-order valence-electron chi connectivity index (χ4n) is 7.03. The van der Waals surface area contributed by atoms with E-state index in [0.717, 1.165) is 45.1 Å². The van der Waals surface area contributed by atoms with Gasteiger partial charge in [0.15, 0.2) is 0 Å². The first-order valence-corrected chi connectivity index (χ1v) is 24.8. The van der Waals surface area contributed by atoms with Crippen molar-refractivity contribution in [3.8, 4) is 0 Å². The SMILES string of the molecule is CCCCCCCCCCCCCCO[Si](CCN)(OCCCCCCCCCCCCCC)OCCCCCCCCCCCCCC. The summed E-state index contributed by atoms with van der Waals surface area (Å²) in [4.78, 5) is 0. The Hall–Kier alpha value is 0.0569. The third kappa shape index (κ3) is 37.6.